The number of ether oxygens (including phenoxy) is 6. The van der Waals surface area contributed by atoms with E-state index in [0.29, 0.717) is 0 Å². The van der Waals surface area contributed by atoms with Crippen LogP contribution in [0.3, 0.4) is 0 Å². The van der Waals surface area contributed by atoms with Gasteiger partial charge in [0.05, 0.1) is 21.3 Å². The van der Waals surface area contributed by atoms with Gasteiger partial charge in [0, 0.05) is 17.1 Å². The summed E-state index contributed by atoms with van der Waals surface area (Å²) < 4.78 is 29.0. The molecular weight excluding hydrogens is 518 g/mol. The van der Waals surface area contributed by atoms with Crippen LogP contribution in [0.5, 0.6) is 0 Å². The van der Waals surface area contributed by atoms with E-state index >= 15 is 0 Å². The lowest BCUT2D eigenvalue weighted by Crippen LogP contribution is -2.13. The average Bonchev–Trinajstić information content (AvgIpc) is 2.95. The van der Waals surface area contributed by atoms with Crippen molar-refractivity contribution in [3.8, 4) is 0 Å². The largest absolute Gasteiger partial charge is 0.508 e. The van der Waals surface area contributed by atoms with Crippen LogP contribution in [0.4, 0.5) is 31.4 Å². The maximum Gasteiger partial charge on any atom is 0.508 e. The molecule has 0 spiro atoms. The molecule has 3 aromatic rings. The first-order chi connectivity index (χ1) is 19.2. The first-order valence-electron chi connectivity index (χ1n) is 12.4. The highest BCUT2D eigenvalue weighted by atomic mass is 16.7. The maximum absolute atomic E-state index is 11.4. The van der Waals surface area contributed by atoms with Crippen molar-refractivity contribution in [3.05, 3.63) is 88.0 Å². The van der Waals surface area contributed by atoms with Crippen molar-refractivity contribution in [1.82, 2.24) is 0 Å². The Morgan fingerprint density at radius 1 is 0.525 bits per heavy atom. The second-order valence-corrected chi connectivity index (χ2v) is 8.90. The van der Waals surface area contributed by atoms with E-state index in [0.717, 1.165) is 50.4 Å². The van der Waals surface area contributed by atoms with Gasteiger partial charge in [-0.3, -0.25) is 0 Å². The summed E-state index contributed by atoms with van der Waals surface area (Å²) in [6, 6.07) is 17.5. The van der Waals surface area contributed by atoms with Gasteiger partial charge in [-0.1, -0.05) is 18.2 Å². The van der Waals surface area contributed by atoms with Crippen LogP contribution in [0.2, 0.25) is 0 Å². The minimum Gasteiger partial charge on any atom is -0.438 e. The van der Waals surface area contributed by atoms with Crippen molar-refractivity contribution < 1.29 is 42.8 Å². The number of aryl methyl sites for hydroxylation is 3. The van der Waals surface area contributed by atoms with Crippen LogP contribution in [-0.4, -0.2) is 39.8 Å². The summed E-state index contributed by atoms with van der Waals surface area (Å²) >= 11 is 0. The topological polar surface area (TPSA) is 110 Å². The lowest BCUT2D eigenvalue weighted by molar-refractivity contribution is 0.0659. The minimum absolute atomic E-state index is 0.0841. The molecule has 10 heteroatoms. The van der Waals surface area contributed by atoms with E-state index in [1.54, 1.807) is 0 Å². The molecule has 40 heavy (non-hydrogen) atoms. The zero-order valence-corrected chi connectivity index (χ0v) is 23.4. The number of methoxy groups -OCH3 is 3. The number of hydrogen-bond acceptors (Lipinski definition) is 10. The molecule has 0 saturated carbocycles. The fourth-order valence-electron chi connectivity index (χ4n) is 3.98. The van der Waals surface area contributed by atoms with Crippen LogP contribution in [0.25, 0.3) is 0 Å². The van der Waals surface area contributed by atoms with Crippen LogP contribution in [0.15, 0.2) is 54.6 Å². The van der Waals surface area contributed by atoms with E-state index < -0.39 is 18.5 Å². The van der Waals surface area contributed by atoms with Gasteiger partial charge in [-0.15, -0.1) is 0 Å². The van der Waals surface area contributed by atoms with Crippen LogP contribution in [0, 0.1) is 20.8 Å². The van der Waals surface area contributed by atoms with Crippen LogP contribution in [0.1, 0.15) is 33.4 Å². The number of carbonyl (C=O) groups excluding carboxylic acids is 3. The number of anilines is 3. The molecule has 10 nitrogen and oxygen atoms in total. The summed E-state index contributed by atoms with van der Waals surface area (Å²) in [6.07, 6.45) is -2.24. The molecule has 0 atom stereocenters. The number of rotatable bonds is 9. The van der Waals surface area contributed by atoms with Crippen LogP contribution < -0.4 is 4.90 Å². The second-order valence-electron chi connectivity index (χ2n) is 8.90. The number of benzene rings is 3. The van der Waals surface area contributed by atoms with Crippen molar-refractivity contribution in [1.29, 1.82) is 0 Å². The summed E-state index contributed by atoms with van der Waals surface area (Å²) in [5.74, 6) is 0. The highest BCUT2D eigenvalue weighted by Gasteiger charge is 2.17. The van der Waals surface area contributed by atoms with Gasteiger partial charge in [0.2, 0.25) is 0 Å². The molecule has 0 fully saturated rings. The summed E-state index contributed by atoms with van der Waals surface area (Å²) in [4.78, 5) is 36.4. The van der Waals surface area contributed by atoms with E-state index in [9.17, 15) is 14.4 Å². The number of carbonyl (C=O) groups is 3. The van der Waals surface area contributed by atoms with Crippen LogP contribution in [-0.2, 0) is 48.2 Å². The quantitative estimate of drug-likeness (QED) is 0.205. The number of nitrogens with zero attached hydrogens (tertiary/aromatic N) is 1. The third-order valence-corrected chi connectivity index (χ3v) is 6.29. The van der Waals surface area contributed by atoms with E-state index in [1.807, 2.05) is 75.4 Å². The molecule has 0 unspecified atom stereocenters. The summed E-state index contributed by atoms with van der Waals surface area (Å²) in [5.41, 5.74) is 7.90. The molecule has 0 aliphatic carbocycles. The summed E-state index contributed by atoms with van der Waals surface area (Å²) in [5, 5.41) is 0. The fraction of sp³-hybridized carbons (Fsp3) is 0.300. The first kappa shape index (κ1) is 29.8. The molecule has 0 aliphatic rings. The second kappa shape index (κ2) is 13.9. The normalized spacial score (nSPS) is 10.3. The standard InChI is InChI=1S/C30H33NO9/c1-19-13-25(10-7-22(19)16-38-28(32)35-4)31(26-11-8-23(20(2)14-26)17-39-29(33)36-5)27-12-9-24(21(3)15-27)18-40-30(34)37-6/h7-15H,16-18H2,1-6H3. The van der Waals surface area contributed by atoms with Gasteiger partial charge >= 0.3 is 18.5 Å². The average molecular weight is 552 g/mol. The molecule has 212 valence electrons. The van der Waals surface area contributed by atoms with Crippen molar-refractivity contribution in [3.63, 3.8) is 0 Å². The zero-order chi connectivity index (χ0) is 29.2. The van der Waals surface area contributed by atoms with Crippen molar-refractivity contribution in [2.24, 2.45) is 0 Å². The van der Waals surface area contributed by atoms with E-state index in [1.165, 1.54) is 21.3 Å². The Hall–Kier alpha value is -4.73. The van der Waals surface area contributed by atoms with Gasteiger partial charge in [-0.25, -0.2) is 14.4 Å². The Morgan fingerprint density at radius 3 is 1.02 bits per heavy atom. The minimum atomic E-state index is -0.747. The van der Waals surface area contributed by atoms with Gasteiger partial charge in [0.15, 0.2) is 0 Å². The Balaban J connectivity index is 2.00. The highest BCUT2D eigenvalue weighted by Crippen LogP contribution is 2.37. The SMILES string of the molecule is COC(=O)OCc1ccc(N(c2ccc(COC(=O)OC)c(C)c2)c2ccc(COC(=O)OC)c(C)c2)cc1C. The number of hydrogen-bond donors (Lipinski definition) is 0. The van der Waals surface area contributed by atoms with Gasteiger partial charge in [-0.05, 0) is 90.6 Å². The third kappa shape index (κ3) is 7.66. The fourth-order valence-corrected chi connectivity index (χ4v) is 3.98. The Morgan fingerprint density at radius 2 is 0.800 bits per heavy atom. The molecule has 0 radical (unpaired) electrons. The molecular formula is C30H33NO9. The maximum atomic E-state index is 11.4. The van der Waals surface area contributed by atoms with Crippen molar-refractivity contribution in [2.75, 3.05) is 26.2 Å². The molecule has 3 aromatic carbocycles. The van der Waals surface area contributed by atoms with E-state index in [2.05, 4.69) is 19.1 Å². The Labute approximate surface area is 233 Å². The Bertz CT molecular complexity index is 1200. The smallest absolute Gasteiger partial charge is 0.438 e. The molecule has 0 heterocycles. The third-order valence-electron chi connectivity index (χ3n) is 6.29. The Kier molecular flexibility index (Phi) is 10.4. The van der Waals surface area contributed by atoms with Crippen LogP contribution >= 0.6 is 0 Å². The predicted molar refractivity (Wildman–Crippen MR) is 147 cm³/mol. The van der Waals surface area contributed by atoms with E-state index in [-0.39, 0.29) is 19.8 Å². The molecule has 0 saturated heterocycles. The lowest BCUT2D eigenvalue weighted by atomic mass is 10.0. The van der Waals surface area contributed by atoms with Gasteiger partial charge in [0.1, 0.15) is 19.8 Å². The summed E-state index contributed by atoms with van der Waals surface area (Å²) in [6.45, 7) is 6.07. The first-order valence-corrected chi connectivity index (χ1v) is 12.4. The molecule has 0 N–H and O–H groups in total. The molecule has 0 bridgehead atoms. The van der Waals surface area contributed by atoms with E-state index in [4.69, 9.17) is 14.2 Å². The monoisotopic (exact) mass is 551 g/mol. The van der Waals surface area contributed by atoms with Crippen molar-refractivity contribution >= 4 is 35.5 Å². The van der Waals surface area contributed by atoms with Crippen molar-refractivity contribution in [2.45, 2.75) is 40.6 Å². The summed E-state index contributed by atoms with van der Waals surface area (Å²) in [7, 11) is 3.79. The lowest BCUT2D eigenvalue weighted by Gasteiger charge is -2.28. The highest BCUT2D eigenvalue weighted by molar-refractivity contribution is 5.78. The van der Waals surface area contributed by atoms with Gasteiger partial charge in [0.25, 0.3) is 0 Å². The van der Waals surface area contributed by atoms with Gasteiger partial charge < -0.3 is 33.3 Å². The van der Waals surface area contributed by atoms with Gasteiger partial charge in [-0.2, -0.15) is 0 Å². The zero-order valence-electron chi connectivity index (χ0n) is 23.4. The molecule has 3 rings (SSSR count). The molecule has 0 aromatic heterocycles. The predicted octanol–water partition coefficient (Wildman–Crippen LogP) is 6.93. The molecule has 0 aliphatic heterocycles. The molecule has 0 amide bonds.